The van der Waals surface area contributed by atoms with Gasteiger partial charge in [-0.25, -0.2) is 0 Å². The van der Waals surface area contributed by atoms with Crippen LogP contribution in [0.15, 0.2) is 202 Å². The van der Waals surface area contributed by atoms with Gasteiger partial charge in [-0.15, -0.1) is 0 Å². The Hall–Kier alpha value is -6.08. The largest absolute Gasteiger partial charge is 0.311 e. The molecule has 0 spiro atoms. The van der Waals surface area contributed by atoms with Crippen LogP contribution >= 0.6 is 23.5 Å². The summed E-state index contributed by atoms with van der Waals surface area (Å²) in [4.78, 5) is 12.6. The van der Waals surface area contributed by atoms with E-state index in [9.17, 15) is 0 Å². The van der Waals surface area contributed by atoms with Gasteiger partial charge < -0.3 is 14.7 Å². The van der Waals surface area contributed by atoms with E-state index in [1.165, 1.54) is 81.2 Å². The van der Waals surface area contributed by atoms with E-state index in [-0.39, 0.29) is 6.71 Å². The fourth-order valence-corrected chi connectivity index (χ4v) is 11.2. The first-order valence-electron chi connectivity index (χ1n) is 18.4. The molecule has 0 saturated carbocycles. The quantitative estimate of drug-likeness (QED) is 0.167. The SMILES string of the molecule is c1ccc(N(c2ccccc2)c2ccc(-c3cc4c5c(c3)N3c6ccccc6Sc6cccc(c63)B5c3cccc5c3N4c3ccccc3S5)cc2)cc1. The first-order chi connectivity index (χ1) is 26.8. The van der Waals surface area contributed by atoms with Crippen LogP contribution < -0.4 is 31.1 Å². The Labute approximate surface area is 323 Å². The number of nitrogens with zero attached hydrogens (tertiary/aromatic N) is 3. The smallest absolute Gasteiger partial charge is 0.252 e. The van der Waals surface area contributed by atoms with Crippen LogP contribution in [0.5, 0.6) is 0 Å². The van der Waals surface area contributed by atoms with Crippen molar-refractivity contribution in [3.8, 4) is 11.1 Å². The molecule has 4 heterocycles. The Balaban J connectivity index is 1.11. The molecule has 0 aliphatic carbocycles. The highest BCUT2D eigenvalue weighted by Crippen LogP contribution is 2.57. The van der Waals surface area contributed by atoms with Crippen LogP contribution in [-0.4, -0.2) is 6.71 Å². The Bertz CT molecular complexity index is 2640. The highest BCUT2D eigenvalue weighted by Gasteiger charge is 2.47. The molecule has 0 radical (unpaired) electrons. The first-order valence-corrected chi connectivity index (χ1v) is 20.0. The molecule has 6 heteroatoms. The summed E-state index contributed by atoms with van der Waals surface area (Å²) in [7, 11) is 0. The molecule has 252 valence electrons. The van der Waals surface area contributed by atoms with Gasteiger partial charge in [0, 0.05) is 48.0 Å². The summed E-state index contributed by atoms with van der Waals surface area (Å²) >= 11 is 3.78. The Kier molecular flexibility index (Phi) is 6.59. The molecule has 4 aliphatic heterocycles. The molecule has 0 N–H and O–H groups in total. The minimum absolute atomic E-state index is 0.117. The zero-order valence-electron chi connectivity index (χ0n) is 29.1. The second-order valence-electron chi connectivity index (χ2n) is 14.1. The van der Waals surface area contributed by atoms with E-state index >= 15 is 0 Å². The van der Waals surface area contributed by atoms with Gasteiger partial charge in [-0.1, -0.05) is 121 Å². The molecule has 0 unspecified atom stereocenters. The summed E-state index contributed by atoms with van der Waals surface area (Å²) in [6, 6.07) is 67.0. The molecule has 3 nitrogen and oxygen atoms in total. The van der Waals surface area contributed by atoms with Gasteiger partial charge in [-0.05, 0) is 112 Å². The maximum atomic E-state index is 2.57. The number of fused-ring (bicyclic) bond motifs is 8. The fraction of sp³-hybridized carbons (Fsp3) is 0. The molecule has 8 aromatic carbocycles. The standard InChI is InChI=1S/C48H30BN3S2/c1-3-13-33(14-4-1)50(34-15-5-2-6-16-34)35-27-25-31(26-28-35)32-29-40-46-41(30-32)52-39-20-8-10-22-43(39)54-45-24-12-18-37(48(45)52)49(46)36-17-11-23-44-47(36)51(40)38-19-7-9-21-42(38)53-44/h1-30H. The van der Waals surface area contributed by atoms with E-state index < -0.39 is 0 Å². The Morgan fingerprint density at radius 3 is 1.33 bits per heavy atom. The van der Waals surface area contributed by atoms with Crippen LogP contribution in [0.2, 0.25) is 0 Å². The summed E-state index contributed by atoms with van der Waals surface area (Å²) in [6.07, 6.45) is 0. The van der Waals surface area contributed by atoms with Gasteiger partial charge in [0.1, 0.15) is 0 Å². The number of hydrogen-bond donors (Lipinski definition) is 0. The van der Waals surface area contributed by atoms with Crippen molar-refractivity contribution in [2.45, 2.75) is 19.6 Å². The second kappa shape index (κ2) is 11.7. The lowest BCUT2D eigenvalue weighted by atomic mass is 9.33. The molecular formula is C48H30BN3S2. The zero-order valence-corrected chi connectivity index (χ0v) is 30.7. The molecule has 0 atom stereocenters. The van der Waals surface area contributed by atoms with E-state index in [1.54, 1.807) is 0 Å². The third kappa shape index (κ3) is 4.35. The first kappa shape index (κ1) is 30.4. The average molecular weight is 724 g/mol. The topological polar surface area (TPSA) is 9.72 Å². The molecule has 0 fully saturated rings. The molecule has 8 aromatic rings. The molecule has 0 saturated heterocycles. The van der Waals surface area contributed by atoms with Crippen LogP contribution in [0, 0.1) is 0 Å². The number of para-hydroxylation sites is 6. The van der Waals surface area contributed by atoms with Crippen molar-refractivity contribution in [2.75, 3.05) is 14.7 Å². The summed E-state index contributed by atoms with van der Waals surface area (Å²) in [5.74, 6) is 0. The van der Waals surface area contributed by atoms with Crippen LogP contribution in [0.1, 0.15) is 0 Å². The van der Waals surface area contributed by atoms with Crippen molar-refractivity contribution in [3.05, 3.63) is 182 Å². The number of hydrogen-bond acceptors (Lipinski definition) is 5. The molecule has 0 aromatic heterocycles. The highest BCUT2D eigenvalue weighted by atomic mass is 32.2. The van der Waals surface area contributed by atoms with E-state index in [4.69, 9.17) is 0 Å². The maximum absolute atomic E-state index is 2.57. The second-order valence-corrected chi connectivity index (χ2v) is 16.3. The van der Waals surface area contributed by atoms with E-state index in [1.807, 2.05) is 23.5 Å². The molecule has 54 heavy (non-hydrogen) atoms. The van der Waals surface area contributed by atoms with E-state index in [0.29, 0.717) is 0 Å². The van der Waals surface area contributed by atoms with E-state index in [0.717, 1.165) is 17.1 Å². The van der Waals surface area contributed by atoms with Gasteiger partial charge in [0.2, 0.25) is 0 Å². The lowest BCUT2D eigenvalue weighted by Gasteiger charge is -2.47. The van der Waals surface area contributed by atoms with Gasteiger partial charge in [-0.3, -0.25) is 0 Å². The van der Waals surface area contributed by atoms with Gasteiger partial charge in [0.25, 0.3) is 6.71 Å². The lowest BCUT2D eigenvalue weighted by Crippen LogP contribution is -2.62. The molecule has 0 bridgehead atoms. The van der Waals surface area contributed by atoms with Crippen molar-refractivity contribution in [1.29, 1.82) is 0 Å². The van der Waals surface area contributed by atoms with Crippen LogP contribution in [0.4, 0.5) is 51.2 Å². The normalized spacial score (nSPS) is 13.7. The predicted octanol–water partition coefficient (Wildman–Crippen LogP) is 11.8. The van der Waals surface area contributed by atoms with Crippen molar-refractivity contribution in [2.24, 2.45) is 0 Å². The lowest BCUT2D eigenvalue weighted by molar-refractivity contribution is 1.15. The van der Waals surface area contributed by atoms with Crippen LogP contribution in [-0.2, 0) is 0 Å². The number of benzene rings is 8. The minimum atomic E-state index is 0.117. The van der Waals surface area contributed by atoms with Gasteiger partial charge in [0.05, 0.1) is 22.7 Å². The fourth-order valence-electron chi connectivity index (χ4n) is 8.96. The van der Waals surface area contributed by atoms with Crippen molar-refractivity contribution in [3.63, 3.8) is 0 Å². The van der Waals surface area contributed by atoms with Crippen molar-refractivity contribution >= 4 is 97.8 Å². The summed E-state index contributed by atoms with van der Waals surface area (Å²) in [5.41, 5.74) is 17.5. The third-order valence-corrected chi connectivity index (χ3v) is 13.4. The average Bonchev–Trinajstić information content (AvgIpc) is 3.23. The van der Waals surface area contributed by atoms with Crippen LogP contribution in [0.25, 0.3) is 11.1 Å². The monoisotopic (exact) mass is 723 g/mol. The molecular weight excluding hydrogens is 693 g/mol. The molecule has 4 aliphatic rings. The third-order valence-electron chi connectivity index (χ3n) is 11.2. The summed E-state index contributed by atoms with van der Waals surface area (Å²) in [5, 5.41) is 0. The van der Waals surface area contributed by atoms with Crippen molar-refractivity contribution in [1.82, 2.24) is 0 Å². The molecule has 0 amide bonds. The highest BCUT2D eigenvalue weighted by molar-refractivity contribution is 8.00. The summed E-state index contributed by atoms with van der Waals surface area (Å²) in [6.45, 7) is 0.117. The summed E-state index contributed by atoms with van der Waals surface area (Å²) < 4.78 is 0. The maximum Gasteiger partial charge on any atom is 0.252 e. The van der Waals surface area contributed by atoms with Crippen LogP contribution in [0.3, 0.4) is 0 Å². The van der Waals surface area contributed by atoms with Gasteiger partial charge in [-0.2, -0.15) is 0 Å². The van der Waals surface area contributed by atoms with E-state index in [2.05, 4.69) is 197 Å². The Morgan fingerprint density at radius 1 is 0.370 bits per heavy atom. The molecule has 12 rings (SSSR count). The number of anilines is 9. The Morgan fingerprint density at radius 2 is 0.815 bits per heavy atom. The van der Waals surface area contributed by atoms with Gasteiger partial charge in [0.15, 0.2) is 0 Å². The van der Waals surface area contributed by atoms with Gasteiger partial charge >= 0.3 is 0 Å². The zero-order chi connectivity index (χ0) is 35.3. The predicted molar refractivity (Wildman–Crippen MR) is 229 cm³/mol. The van der Waals surface area contributed by atoms with Crippen molar-refractivity contribution < 1.29 is 0 Å². The minimum Gasteiger partial charge on any atom is -0.311 e. The number of rotatable bonds is 4.